The zero-order valence-corrected chi connectivity index (χ0v) is 20.0. The molecule has 0 amide bonds. The zero-order chi connectivity index (χ0) is 26.5. The Morgan fingerprint density at radius 2 is 1.30 bits per heavy atom. The van der Waals surface area contributed by atoms with Crippen molar-refractivity contribution in [3.63, 3.8) is 0 Å². The van der Waals surface area contributed by atoms with Crippen LogP contribution in [0, 0.1) is 23.3 Å². The topological polar surface area (TPSA) is 35.5 Å². The summed E-state index contributed by atoms with van der Waals surface area (Å²) < 4.78 is 68.5. The first-order chi connectivity index (χ1) is 17.8. The lowest BCUT2D eigenvalue weighted by atomic mass is 10.0. The Morgan fingerprint density at radius 1 is 0.730 bits per heavy atom. The maximum absolute atomic E-state index is 14.8. The highest BCUT2D eigenvalue weighted by atomic mass is 19.2. The zero-order valence-electron chi connectivity index (χ0n) is 20.0. The number of hydrogen-bond acceptors (Lipinski definition) is 3. The van der Waals surface area contributed by atoms with Gasteiger partial charge in [0.25, 0.3) is 0 Å². The molecule has 0 atom stereocenters. The van der Waals surface area contributed by atoms with E-state index in [2.05, 4.69) is 0 Å². The van der Waals surface area contributed by atoms with E-state index in [1.807, 2.05) is 19.1 Å². The van der Waals surface area contributed by atoms with E-state index in [0.29, 0.717) is 11.1 Å². The van der Waals surface area contributed by atoms with E-state index in [-0.39, 0.29) is 29.2 Å². The van der Waals surface area contributed by atoms with Crippen molar-refractivity contribution >= 4 is 12.0 Å². The number of benzene rings is 4. The second-order valence-electron chi connectivity index (χ2n) is 8.00. The Kier molecular flexibility index (Phi) is 7.72. The average molecular weight is 506 g/mol. The standard InChI is InChI=1S/C30H22F4O3/c1-3-5-18-6-8-19(9-7-18)22-14-15-24(28(33)26(22)31)30(35)37-21-12-10-20(11-13-21)23-16-17-25(36-4-2)29(34)27(23)32/h3,5-17H,4H2,1-2H3/b5-3+. The van der Waals surface area contributed by atoms with Gasteiger partial charge in [0.2, 0.25) is 5.82 Å². The average Bonchev–Trinajstić information content (AvgIpc) is 2.90. The van der Waals surface area contributed by atoms with Gasteiger partial charge in [-0.25, -0.2) is 18.0 Å². The fourth-order valence-corrected chi connectivity index (χ4v) is 3.78. The van der Waals surface area contributed by atoms with Crippen LogP contribution >= 0.6 is 0 Å². The van der Waals surface area contributed by atoms with Crippen molar-refractivity contribution in [1.82, 2.24) is 0 Å². The van der Waals surface area contributed by atoms with Gasteiger partial charge in [-0.3, -0.25) is 0 Å². The van der Waals surface area contributed by atoms with Crippen LogP contribution in [-0.4, -0.2) is 12.6 Å². The van der Waals surface area contributed by atoms with Gasteiger partial charge in [0, 0.05) is 11.1 Å². The molecule has 0 N–H and O–H groups in total. The number of ether oxygens (including phenoxy) is 2. The van der Waals surface area contributed by atoms with Gasteiger partial charge >= 0.3 is 5.97 Å². The summed E-state index contributed by atoms with van der Waals surface area (Å²) in [5, 5.41) is 0. The van der Waals surface area contributed by atoms with Crippen LogP contribution in [0.5, 0.6) is 11.5 Å². The van der Waals surface area contributed by atoms with Crippen LogP contribution in [0.15, 0.2) is 78.9 Å². The van der Waals surface area contributed by atoms with Gasteiger partial charge in [-0.1, -0.05) is 54.6 Å². The second-order valence-corrected chi connectivity index (χ2v) is 8.00. The van der Waals surface area contributed by atoms with Crippen LogP contribution in [0.1, 0.15) is 29.8 Å². The Hall–Kier alpha value is -4.39. The molecule has 0 aliphatic carbocycles. The first-order valence-electron chi connectivity index (χ1n) is 11.5. The Balaban J connectivity index is 1.52. The molecule has 4 aromatic rings. The minimum Gasteiger partial charge on any atom is -0.491 e. The molecule has 4 rings (SSSR count). The third-order valence-corrected chi connectivity index (χ3v) is 5.61. The van der Waals surface area contributed by atoms with Gasteiger partial charge in [0.15, 0.2) is 23.2 Å². The molecule has 0 bridgehead atoms. The van der Waals surface area contributed by atoms with Crippen molar-refractivity contribution in [1.29, 1.82) is 0 Å². The van der Waals surface area contributed by atoms with Crippen molar-refractivity contribution in [3.05, 3.63) is 113 Å². The molecular weight excluding hydrogens is 484 g/mol. The summed E-state index contributed by atoms with van der Waals surface area (Å²) >= 11 is 0. The summed E-state index contributed by atoms with van der Waals surface area (Å²) in [6.45, 7) is 3.72. The lowest BCUT2D eigenvalue weighted by Crippen LogP contribution is -2.12. The number of carbonyl (C=O) groups excluding carboxylic acids is 1. The van der Waals surface area contributed by atoms with Crippen molar-refractivity contribution in [2.75, 3.05) is 6.61 Å². The predicted octanol–water partition coefficient (Wildman–Crippen LogP) is 8.23. The molecule has 0 radical (unpaired) electrons. The molecule has 0 aromatic heterocycles. The smallest absolute Gasteiger partial charge is 0.346 e. The summed E-state index contributed by atoms with van der Waals surface area (Å²) in [5.41, 5.74) is 1.11. The van der Waals surface area contributed by atoms with Crippen molar-refractivity contribution in [2.24, 2.45) is 0 Å². The van der Waals surface area contributed by atoms with E-state index in [1.54, 1.807) is 31.2 Å². The maximum Gasteiger partial charge on any atom is 0.346 e. The number of halogens is 4. The van der Waals surface area contributed by atoms with Crippen molar-refractivity contribution in [3.8, 4) is 33.8 Å². The third kappa shape index (κ3) is 5.40. The fourth-order valence-electron chi connectivity index (χ4n) is 3.78. The molecular formula is C30H22F4O3. The third-order valence-electron chi connectivity index (χ3n) is 5.61. The van der Waals surface area contributed by atoms with Gasteiger partial charge in [-0.05, 0) is 60.9 Å². The van der Waals surface area contributed by atoms with E-state index in [9.17, 15) is 22.4 Å². The maximum atomic E-state index is 14.8. The van der Waals surface area contributed by atoms with E-state index in [4.69, 9.17) is 9.47 Å². The van der Waals surface area contributed by atoms with E-state index in [1.165, 1.54) is 42.5 Å². The van der Waals surface area contributed by atoms with Crippen LogP contribution in [-0.2, 0) is 0 Å². The summed E-state index contributed by atoms with van der Waals surface area (Å²) in [7, 11) is 0. The van der Waals surface area contributed by atoms with Gasteiger partial charge in [-0.15, -0.1) is 0 Å². The van der Waals surface area contributed by atoms with Crippen LogP contribution in [0.2, 0.25) is 0 Å². The number of rotatable bonds is 7. The van der Waals surface area contributed by atoms with Crippen LogP contribution < -0.4 is 9.47 Å². The van der Waals surface area contributed by atoms with E-state index >= 15 is 0 Å². The summed E-state index contributed by atoms with van der Waals surface area (Å²) in [6, 6.07) is 17.5. The van der Waals surface area contributed by atoms with Crippen LogP contribution in [0.3, 0.4) is 0 Å². The Morgan fingerprint density at radius 3 is 1.89 bits per heavy atom. The number of carbonyl (C=O) groups is 1. The predicted molar refractivity (Wildman–Crippen MR) is 134 cm³/mol. The molecule has 0 saturated carbocycles. The van der Waals surface area contributed by atoms with E-state index < -0.39 is 34.8 Å². The highest BCUT2D eigenvalue weighted by Gasteiger charge is 2.21. The molecule has 0 unspecified atom stereocenters. The van der Waals surface area contributed by atoms with Crippen LogP contribution in [0.25, 0.3) is 28.3 Å². The molecule has 7 heteroatoms. The first-order valence-corrected chi connectivity index (χ1v) is 11.5. The molecule has 0 heterocycles. The summed E-state index contributed by atoms with van der Waals surface area (Å²) in [6.07, 6.45) is 3.74. The monoisotopic (exact) mass is 506 g/mol. The molecule has 188 valence electrons. The molecule has 0 fully saturated rings. The largest absolute Gasteiger partial charge is 0.491 e. The SMILES string of the molecule is C/C=C/c1ccc(-c2ccc(C(=O)Oc3ccc(-c4ccc(OCC)c(F)c4F)cc3)c(F)c2F)cc1. The minimum atomic E-state index is -1.33. The van der Waals surface area contributed by atoms with Crippen LogP contribution in [0.4, 0.5) is 17.6 Å². The lowest BCUT2D eigenvalue weighted by molar-refractivity contribution is 0.0728. The lowest BCUT2D eigenvalue weighted by Gasteiger charge is -2.11. The molecule has 0 saturated heterocycles. The van der Waals surface area contributed by atoms with Crippen molar-refractivity contribution < 1.29 is 31.8 Å². The fraction of sp³-hybridized carbons (Fsp3) is 0.100. The van der Waals surface area contributed by atoms with Gasteiger partial charge in [0.05, 0.1) is 12.2 Å². The molecule has 0 aliphatic heterocycles. The van der Waals surface area contributed by atoms with E-state index in [0.717, 1.165) is 11.6 Å². The molecule has 0 aliphatic rings. The molecule has 3 nitrogen and oxygen atoms in total. The summed E-state index contributed by atoms with van der Waals surface area (Å²) in [4.78, 5) is 12.5. The van der Waals surface area contributed by atoms with Gasteiger partial charge in [-0.2, -0.15) is 4.39 Å². The molecule has 4 aromatic carbocycles. The van der Waals surface area contributed by atoms with Crippen molar-refractivity contribution in [2.45, 2.75) is 13.8 Å². The number of esters is 1. The second kappa shape index (κ2) is 11.1. The number of hydrogen-bond donors (Lipinski definition) is 0. The Labute approximate surface area is 211 Å². The Bertz CT molecular complexity index is 1460. The number of allylic oxidation sites excluding steroid dienone is 1. The minimum absolute atomic E-state index is 0.00930. The molecule has 37 heavy (non-hydrogen) atoms. The normalized spacial score (nSPS) is 11.1. The van der Waals surface area contributed by atoms with Gasteiger partial charge in [0.1, 0.15) is 5.75 Å². The highest BCUT2D eigenvalue weighted by molar-refractivity contribution is 5.92. The summed E-state index contributed by atoms with van der Waals surface area (Å²) in [5.74, 6) is -5.96. The first kappa shape index (κ1) is 25.7. The van der Waals surface area contributed by atoms with Gasteiger partial charge < -0.3 is 9.47 Å². The highest BCUT2D eigenvalue weighted by Crippen LogP contribution is 2.32. The quantitative estimate of drug-likeness (QED) is 0.144. The molecule has 0 spiro atoms.